The Bertz CT molecular complexity index is 1480. The third kappa shape index (κ3) is 3.90. The van der Waals surface area contributed by atoms with Gasteiger partial charge >= 0.3 is 0 Å². The Morgan fingerprint density at radius 2 is 1.81 bits per heavy atom. The molecule has 0 amide bonds. The van der Waals surface area contributed by atoms with Crippen LogP contribution >= 0.6 is 11.8 Å². The number of aromatic nitrogens is 2. The Hall–Kier alpha value is -3.84. The zero-order valence-electron chi connectivity index (χ0n) is 17.0. The van der Waals surface area contributed by atoms with Gasteiger partial charge in [0.15, 0.2) is 5.17 Å². The lowest BCUT2D eigenvalue weighted by Crippen LogP contribution is -2.11. The van der Waals surface area contributed by atoms with Crippen molar-refractivity contribution in [2.75, 3.05) is 0 Å². The van der Waals surface area contributed by atoms with E-state index in [4.69, 9.17) is 11.1 Å². The van der Waals surface area contributed by atoms with Gasteiger partial charge in [0.2, 0.25) is 0 Å². The van der Waals surface area contributed by atoms with Gasteiger partial charge in [-0.1, -0.05) is 30.3 Å². The standard InChI is InChI=1S/C25H20FN5S/c26-21-4-2-1-3-18(21)20-14-30-23-8-6-17(12-19(20)23)24(27)32-25(28)31-13-15-5-7-22-16(11-15)9-10-29-22/h1-12,14,27,29-30H,13H2,(H2,28,31). The molecule has 0 atom stereocenters. The molecule has 7 heteroatoms. The molecule has 0 saturated carbocycles. The predicted molar refractivity (Wildman–Crippen MR) is 132 cm³/mol. The van der Waals surface area contributed by atoms with Gasteiger partial charge in [0.05, 0.1) is 6.54 Å². The number of nitrogens with two attached hydrogens (primary N) is 1. The Balaban J connectivity index is 1.35. The molecule has 0 aliphatic carbocycles. The first kappa shape index (κ1) is 20.1. The summed E-state index contributed by atoms with van der Waals surface area (Å²) in [4.78, 5) is 10.8. The summed E-state index contributed by atoms with van der Waals surface area (Å²) in [5.41, 5.74) is 11.1. The van der Waals surface area contributed by atoms with Gasteiger partial charge in [-0.25, -0.2) is 4.39 Å². The van der Waals surface area contributed by atoms with E-state index < -0.39 is 0 Å². The molecular formula is C25H20FN5S. The van der Waals surface area contributed by atoms with Crippen LogP contribution in [0, 0.1) is 11.2 Å². The number of fused-ring (bicyclic) bond motifs is 2. The van der Waals surface area contributed by atoms with Crippen LogP contribution < -0.4 is 5.73 Å². The van der Waals surface area contributed by atoms with Gasteiger partial charge in [-0.05, 0) is 59.1 Å². The van der Waals surface area contributed by atoms with Crippen LogP contribution in [-0.4, -0.2) is 20.2 Å². The maximum Gasteiger partial charge on any atom is 0.160 e. The summed E-state index contributed by atoms with van der Waals surface area (Å²) in [6.45, 7) is 0.446. The van der Waals surface area contributed by atoms with Gasteiger partial charge < -0.3 is 15.7 Å². The second kappa shape index (κ2) is 8.36. The average molecular weight is 442 g/mol. The van der Waals surface area contributed by atoms with Crippen LogP contribution in [0.25, 0.3) is 32.9 Å². The second-order valence-corrected chi connectivity index (χ2v) is 8.46. The van der Waals surface area contributed by atoms with Gasteiger partial charge in [0.25, 0.3) is 0 Å². The monoisotopic (exact) mass is 441 g/mol. The van der Waals surface area contributed by atoms with E-state index >= 15 is 0 Å². The minimum atomic E-state index is -0.280. The third-order valence-electron chi connectivity index (χ3n) is 5.35. The molecule has 32 heavy (non-hydrogen) atoms. The van der Waals surface area contributed by atoms with Crippen LogP contribution in [0.4, 0.5) is 4.39 Å². The number of nitrogens with one attached hydrogen (secondary N) is 3. The molecule has 0 radical (unpaired) electrons. The van der Waals surface area contributed by atoms with Gasteiger partial charge in [-0.15, -0.1) is 0 Å². The number of H-pyrrole nitrogens is 2. The van der Waals surface area contributed by atoms with Crippen molar-refractivity contribution >= 4 is 43.8 Å². The first-order valence-electron chi connectivity index (χ1n) is 10.1. The number of aliphatic imine (C=N–C) groups is 1. The Morgan fingerprint density at radius 1 is 0.969 bits per heavy atom. The Kier molecular flexibility index (Phi) is 5.25. The lowest BCUT2D eigenvalue weighted by atomic mass is 10.0. The number of nitrogens with zero attached hydrogens (tertiary/aromatic N) is 1. The SMILES string of the molecule is N=C(SC(N)=NCc1ccc2[nH]ccc2c1)c1ccc2[nH]cc(-c3ccccc3F)c2c1. The summed E-state index contributed by atoms with van der Waals surface area (Å²) in [6.07, 6.45) is 3.70. The van der Waals surface area contributed by atoms with Crippen molar-refractivity contribution in [2.45, 2.75) is 6.54 Å². The molecule has 3 aromatic carbocycles. The number of rotatable bonds is 4. The number of hydrogen-bond acceptors (Lipinski definition) is 3. The molecule has 5 aromatic rings. The number of benzene rings is 3. The number of hydrogen-bond donors (Lipinski definition) is 4. The maximum atomic E-state index is 14.3. The fourth-order valence-electron chi connectivity index (χ4n) is 3.73. The van der Waals surface area contributed by atoms with Gasteiger partial charge in [0, 0.05) is 45.5 Å². The van der Waals surface area contributed by atoms with Crippen LogP contribution in [0.5, 0.6) is 0 Å². The summed E-state index contributed by atoms with van der Waals surface area (Å²) >= 11 is 1.11. The van der Waals surface area contributed by atoms with E-state index in [0.29, 0.717) is 22.8 Å². The molecule has 0 bridgehead atoms. The maximum absolute atomic E-state index is 14.3. The van der Waals surface area contributed by atoms with Crippen molar-refractivity contribution < 1.29 is 4.39 Å². The molecule has 0 aliphatic rings. The van der Waals surface area contributed by atoms with Crippen molar-refractivity contribution in [3.05, 3.63) is 96.1 Å². The molecule has 5 rings (SSSR count). The zero-order valence-corrected chi connectivity index (χ0v) is 17.8. The molecule has 0 aliphatic heterocycles. The highest BCUT2D eigenvalue weighted by atomic mass is 32.2. The Labute approximate surface area is 188 Å². The van der Waals surface area contributed by atoms with Crippen LogP contribution in [0.2, 0.25) is 0 Å². The smallest absolute Gasteiger partial charge is 0.160 e. The van der Waals surface area contributed by atoms with Crippen LogP contribution in [-0.2, 0) is 6.54 Å². The van der Waals surface area contributed by atoms with Crippen LogP contribution in [0.3, 0.4) is 0 Å². The van der Waals surface area contributed by atoms with E-state index in [0.717, 1.165) is 44.7 Å². The summed E-state index contributed by atoms with van der Waals surface area (Å²) in [5.74, 6) is -0.280. The highest BCUT2D eigenvalue weighted by molar-refractivity contribution is 8.26. The molecule has 158 valence electrons. The topological polar surface area (TPSA) is 93.8 Å². The molecule has 0 saturated heterocycles. The molecule has 2 heterocycles. The van der Waals surface area contributed by atoms with E-state index in [2.05, 4.69) is 21.0 Å². The van der Waals surface area contributed by atoms with Crippen molar-refractivity contribution in [2.24, 2.45) is 10.7 Å². The summed E-state index contributed by atoms with van der Waals surface area (Å²) in [5, 5.41) is 11.1. The number of aromatic amines is 2. The van der Waals surface area contributed by atoms with Crippen molar-refractivity contribution in [1.29, 1.82) is 5.41 Å². The largest absolute Gasteiger partial charge is 0.378 e. The van der Waals surface area contributed by atoms with Gasteiger partial charge in [0.1, 0.15) is 10.9 Å². The van der Waals surface area contributed by atoms with Crippen molar-refractivity contribution in [3.8, 4) is 11.1 Å². The van der Waals surface area contributed by atoms with E-state index in [1.165, 1.54) is 6.07 Å². The molecule has 5 N–H and O–H groups in total. The molecule has 2 aromatic heterocycles. The predicted octanol–water partition coefficient (Wildman–Crippen LogP) is 6.03. The van der Waals surface area contributed by atoms with Gasteiger partial charge in [-0.2, -0.15) is 0 Å². The van der Waals surface area contributed by atoms with Crippen LogP contribution in [0.15, 0.2) is 84.1 Å². The zero-order chi connectivity index (χ0) is 22.1. The van der Waals surface area contributed by atoms with Crippen molar-refractivity contribution in [1.82, 2.24) is 9.97 Å². The number of halogens is 1. The molecule has 0 unspecified atom stereocenters. The molecular weight excluding hydrogens is 421 g/mol. The average Bonchev–Trinajstić information content (AvgIpc) is 3.44. The lowest BCUT2D eigenvalue weighted by molar-refractivity contribution is 0.631. The summed E-state index contributed by atoms with van der Waals surface area (Å²) in [6, 6.07) is 20.4. The van der Waals surface area contributed by atoms with E-state index in [9.17, 15) is 4.39 Å². The summed E-state index contributed by atoms with van der Waals surface area (Å²) in [7, 11) is 0. The second-order valence-electron chi connectivity index (χ2n) is 7.43. The third-order valence-corrected chi connectivity index (χ3v) is 6.13. The highest BCUT2D eigenvalue weighted by Gasteiger charge is 2.13. The van der Waals surface area contributed by atoms with Crippen molar-refractivity contribution in [3.63, 3.8) is 0 Å². The Morgan fingerprint density at radius 3 is 2.69 bits per heavy atom. The molecule has 5 nitrogen and oxygen atoms in total. The minimum absolute atomic E-state index is 0.280. The first-order valence-corrected chi connectivity index (χ1v) is 10.9. The van der Waals surface area contributed by atoms with E-state index in [1.54, 1.807) is 18.3 Å². The van der Waals surface area contributed by atoms with E-state index in [-0.39, 0.29) is 10.9 Å². The van der Waals surface area contributed by atoms with Gasteiger partial charge in [-0.3, -0.25) is 10.4 Å². The van der Waals surface area contributed by atoms with Crippen LogP contribution in [0.1, 0.15) is 11.1 Å². The number of amidine groups is 1. The molecule has 0 fully saturated rings. The fourth-order valence-corrected chi connectivity index (χ4v) is 4.31. The first-order chi connectivity index (χ1) is 15.6. The van der Waals surface area contributed by atoms with E-state index in [1.807, 2.05) is 48.7 Å². The number of thioether (sulfide) groups is 1. The highest BCUT2D eigenvalue weighted by Crippen LogP contribution is 2.31. The lowest BCUT2D eigenvalue weighted by Gasteiger charge is -2.06. The molecule has 0 spiro atoms. The minimum Gasteiger partial charge on any atom is -0.378 e. The summed E-state index contributed by atoms with van der Waals surface area (Å²) < 4.78 is 14.3. The quantitative estimate of drug-likeness (QED) is 0.202. The normalized spacial score (nSPS) is 12.0. The fraction of sp³-hybridized carbons (Fsp3) is 0.0400.